The molecule has 126 valence electrons. The van der Waals surface area contributed by atoms with Gasteiger partial charge in [0.15, 0.2) is 0 Å². The summed E-state index contributed by atoms with van der Waals surface area (Å²) in [7, 11) is 0. The van der Waals surface area contributed by atoms with Gasteiger partial charge in [-0.3, -0.25) is 4.79 Å². The van der Waals surface area contributed by atoms with E-state index in [2.05, 4.69) is 5.32 Å². The maximum Gasteiger partial charge on any atom is 0.251 e. The molecule has 2 N–H and O–H groups in total. The fraction of sp³-hybridized carbons (Fsp3) is 0.588. The Morgan fingerprint density at radius 3 is 2.57 bits per heavy atom. The minimum atomic E-state index is -0.376. The SMILES string of the molecule is O=C(NC1CCC(O)CC1)c1ccc(N2CCOCC2)c(F)c1. The maximum absolute atomic E-state index is 14.3. The highest BCUT2D eigenvalue weighted by Gasteiger charge is 2.22. The van der Waals surface area contributed by atoms with Crippen LogP contribution in [0.3, 0.4) is 0 Å². The van der Waals surface area contributed by atoms with Crippen molar-refractivity contribution >= 4 is 11.6 Å². The lowest BCUT2D eigenvalue weighted by molar-refractivity contribution is 0.0867. The van der Waals surface area contributed by atoms with Gasteiger partial charge in [-0.05, 0) is 43.9 Å². The van der Waals surface area contributed by atoms with Gasteiger partial charge in [0.25, 0.3) is 5.91 Å². The first kappa shape index (κ1) is 16.2. The van der Waals surface area contributed by atoms with Gasteiger partial charge in [-0.25, -0.2) is 4.39 Å². The van der Waals surface area contributed by atoms with Gasteiger partial charge in [-0.15, -0.1) is 0 Å². The number of morpholine rings is 1. The Kier molecular flexibility index (Phi) is 5.13. The van der Waals surface area contributed by atoms with Gasteiger partial charge >= 0.3 is 0 Å². The summed E-state index contributed by atoms with van der Waals surface area (Å²) in [5.74, 6) is -0.627. The van der Waals surface area contributed by atoms with Gasteiger partial charge in [-0.2, -0.15) is 0 Å². The molecule has 2 aliphatic rings. The highest BCUT2D eigenvalue weighted by Crippen LogP contribution is 2.23. The summed E-state index contributed by atoms with van der Waals surface area (Å²) in [6.45, 7) is 2.50. The van der Waals surface area contributed by atoms with E-state index in [0.29, 0.717) is 50.4 Å². The van der Waals surface area contributed by atoms with Gasteiger partial charge in [0.05, 0.1) is 25.0 Å². The van der Waals surface area contributed by atoms with Crippen LogP contribution < -0.4 is 10.2 Å². The van der Waals surface area contributed by atoms with Crippen molar-refractivity contribution in [1.29, 1.82) is 0 Å². The molecular formula is C17H23FN2O3. The van der Waals surface area contributed by atoms with Crippen LogP contribution in [0, 0.1) is 5.82 Å². The Morgan fingerprint density at radius 1 is 1.22 bits per heavy atom. The zero-order valence-corrected chi connectivity index (χ0v) is 13.1. The number of nitrogens with zero attached hydrogens (tertiary/aromatic N) is 1. The number of hydrogen-bond donors (Lipinski definition) is 2. The zero-order chi connectivity index (χ0) is 16.2. The van der Waals surface area contributed by atoms with Crippen LogP contribution in [0.25, 0.3) is 0 Å². The highest BCUT2D eigenvalue weighted by molar-refractivity contribution is 5.94. The lowest BCUT2D eigenvalue weighted by atomic mass is 9.93. The Labute approximate surface area is 135 Å². The second-order valence-corrected chi connectivity index (χ2v) is 6.24. The van der Waals surface area contributed by atoms with Crippen molar-refractivity contribution in [1.82, 2.24) is 5.32 Å². The molecular weight excluding hydrogens is 299 g/mol. The number of benzene rings is 1. The first-order valence-corrected chi connectivity index (χ1v) is 8.24. The van der Waals surface area contributed by atoms with E-state index in [1.165, 1.54) is 6.07 Å². The molecule has 0 spiro atoms. The number of carbonyl (C=O) groups excluding carboxylic acids is 1. The van der Waals surface area contributed by atoms with E-state index in [1.54, 1.807) is 12.1 Å². The molecule has 1 aliphatic carbocycles. The second kappa shape index (κ2) is 7.27. The molecule has 0 unspecified atom stereocenters. The van der Waals surface area contributed by atoms with Crippen molar-refractivity contribution in [2.45, 2.75) is 37.8 Å². The molecule has 3 rings (SSSR count). The fourth-order valence-electron chi connectivity index (χ4n) is 3.20. The molecule has 0 bridgehead atoms. The molecule has 1 aliphatic heterocycles. The van der Waals surface area contributed by atoms with Crippen LogP contribution in [-0.4, -0.2) is 49.5 Å². The zero-order valence-electron chi connectivity index (χ0n) is 13.1. The molecule has 1 saturated carbocycles. The average Bonchev–Trinajstić information content (AvgIpc) is 2.57. The van der Waals surface area contributed by atoms with Crippen LogP contribution >= 0.6 is 0 Å². The number of anilines is 1. The summed E-state index contributed by atoms with van der Waals surface area (Å²) in [6, 6.07) is 4.70. The number of carbonyl (C=O) groups is 1. The molecule has 23 heavy (non-hydrogen) atoms. The molecule has 6 heteroatoms. The minimum Gasteiger partial charge on any atom is -0.393 e. The van der Waals surface area contributed by atoms with E-state index in [4.69, 9.17) is 4.74 Å². The standard InChI is InChI=1S/C17H23FN2O3/c18-15-11-12(1-6-16(15)20-7-9-23-10-8-20)17(22)19-13-2-4-14(21)5-3-13/h1,6,11,13-14,21H,2-5,7-10H2,(H,19,22). The molecule has 2 fully saturated rings. The predicted octanol–water partition coefficient (Wildman–Crippen LogP) is 1.70. The normalized spacial score (nSPS) is 25.2. The summed E-state index contributed by atoms with van der Waals surface area (Å²) in [5, 5.41) is 12.4. The van der Waals surface area contributed by atoms with Crippen molar-refractivity contribution in [2.75, 3.05) is 31.2 Å². The number of nitrogens with one attached hydrogen (secondary N) is 1. The van der Waals surface area contributed by atoms with Crippen LogP contribution in [-0.2, 0) is 4.74 Å². The van der Waals surface area contributed by atoms with Crippen molar-refractivity contribution in [3.63, 3.8) is 0 Å². The molecule has 5 nitrogen and oxygen atoms in total. The first-order valence-electron chi connectivity index (χ1n) is 8.24. The van der Waals surface area contributed by atoms with E-state index in [0.717, 1.165) is 12.8 Å². The van der Waals surface area contributed by atoms with Gasteiger partial charge in [0.1, 0.15) is 5.82 Å². The molecule has 1 saturated heterocycles. The second-order valence-electron chi connectivity index (χ2n) is 6.24. The third kappa shape index (κ3) is 4.00. The Hall–Kier alpha value is -1.66. The quantitative estimate of drug-likeness (QED) is 0.889. The highest BCUT2D eigenvalue weighted by atomic mass is 19.1. The smallest absolute Gasteiger partial charge is 0.251 e. The fourth-order valence-corrected chi connectivity index (χ4v) is 3.20. The number of halogens is 1. The van der Waals surface area contributed by atoms with E-state index >= 15 is 0 Å². The maximum atomic E-state index is 14.3. The number of aliphatic hydroxyl groups is 1. The van der Waals surface area contributed by atoms with E-state index < -0.39 is 0 Å². The summed E-state index contributed by atoms with van der Waals surface area (Å²) < 4.78 is 19.6. The van der Waals surface area contributed by atoms with Crippen LogP contribution in [0.15, 0.2) is 18.2 Å². The number of hydrogen-bond acceptors (Lipinski definition) is 4. The van der Waals surface area contributed by atoms with Gasteiger partial charge in [-0.1, -0.05) is 0 Å². The molecule has 1 heterocycles. The average molecular weight is 322 g/mol. The van der Waals surface area contributed by atoms with Crippen molar-refractivity contribution < 1.29 is 19.0 Å². The van der Waals surface area contributed by atoms with Crippen LogP contribution in [0.2, 0.25) is 0 Å². The van der Waals surface area contributed by atoms with E-state index in [9.17, 15) is 14.3 Å². The molecule has 0 atom stereocenters. The molecule has 1 amide bonds. The lowest BCUT2D eigenvalue weighted by Gasteiger charge is -2.29. The molecule has 0 radical (unpaired) electrons. The summed E-state index contributed by atoms with van der Waals surface area (Å²) in [4.78, 5) is 14.2. The van der Waals surface area contributed by atoms with Gasteiger partial charge in [0.2, 0.25) is 0 Å². The monoisotopic (exact) mass is 322 g/mol. The number of rotatable bonds is 3. The third-order valence-corrected chi connectivity index (χ3v) is 4.59. The Balaban J connectivity index is 1.63. The lowest BCUT2D eigenvalue weighted by Crippen LogP contribution is -2.39. The van der Waals surface area contributed by atoms with E-state index in [-0.39, 0.29) is 23.9 Å². The summed E-state index contributed by atoms with van der Waals surface area (Å²) in [6.07, 6.45) is 2.68. The van der Waals surface area contributed by atoms with Gasteiger partial charge in [0, 0.05) is 24.7 Å². The van der Waals surface area contributed by atoms with Crippen LogP contribution in [0.4, 0.5) is 10.1 Å². The Morgan fingerprint density at radius 2 is 1.91 bits per heavy atom. The largest absolute Gasteiger partial charge is 0.393 e. The number of amides is 1. The van der Waals surface area contributed by atoms with Crippen molar-refractivity contribution in [3.05, 3.63) is 29.6 Å². The van der Waals surface area contributed by atoms with Crippen molar-refractivity contribution in [2.24, 2.45) is 0 Å². The van der Waals surface area contributed by atoms with E-state index in [1.807, 2.05) is 4.90 Å². The van der Waals surface area contributed by atoms with Crippen LogP contribution in [0.5, 0.6) is 0 Å². The summed E-state index contributed by atoms with van der Waals surface area (Å²) >= 11 is 0. The molecule has 1 aromatic rings. The van der Waals surface area contributed by atoms with Crippen LogP contribution in [0.1, 0.15) is 36.0 Å². The topological polar surface area (TPSA) is 61.8 Å². The van der Waals surface area contributed by atoms with Gasteiger partial charge < -0.3 is 20.1 Å². The third-order valence-electron chi connectivity index (χ3n) is 4.59. The first-order chi connectivity index (χ1) is 11.1. The number of aliphatic hydroxyl groups excluding tert-OH is 1. The minimum absolute atomic E-state index is 0.0629. The Bertz CT molecular complexity index is 553. The molecule has 0 aromatic heterocycles. The summed E-state index contributed by atoms with van der Waals surface area (Å²) in [5.41, 5.74) is 0.858. The predicted molar refractivity (Wildman–Crippen MR) is 85.2 cm³/mol. The molecule has 1 aromatic carbocycles. The van der Waals surface area contributed by atoms with Crippen molar-refractivity contribution in [3.8, 4) is 0 Å². The number of ether oxygens (including phenoxy) is 1.